The predicted molar refractivity (Wildman–Crippen MR) is 104 cm³/mol. The van der Waals surface area contributed by atoms with Crippen molar-refractivity contribution in [1.29, 1.82) is 0 Å². The Bertz CT molecular complexity index is 972. The van der Waals surface area contributed by atoms with Crippen LogP contribution >= 0.6 is 11.6 Å². The zero-order valence-electron chi connectivity index (χ0n) is 15.2. The Morgan fingerprint density at radius 1 is 1.12 bits per heavy atom. The van der Waals surface area contributed by atoms with Gasteiger partial charge in [0, 0.05) is 21.6 Å². The van der Waals surface area contributed by atoms with Crippen molar-refractivity contribution in [3.05, 3.63) is 75.4 Å². The number of aromatic carboxylic acids is 1. The summed E-state index contributed by atoms with van der Waals surface area (Å²) in [4.78, 5) is 11.8. The minimum absolute atomic E-state index is 0.0400. The number of hydrogen-bond donors (Lipinski definition) is 2. The quantitative estimate of drug-likeness (QED) is 0.650. The number of aromatic amines is 1. The highest BCUT2D eigenvalue weighted by atomic mass is 35.5. The van der Waals surface area contributed by atoms with Gasteiger partial charge in [0.05, 0.1) is 5.69 Å². The maximum atomic E-state index is 11.8. The molecule has 2 N–H and O–H groups in total. The molecule has 0 fully saturated rings. The summed E-state index contributed by atoms with van der Waals surface area (Å²) in [5.41, 5.74) is 4.83. The lowest BCUT2D eigenvalue weighted by Gasteiger charge is -2.27. The lowest BCUT2D eigenvalue weighted by Crippen LogP contribution is -2.22. The van der Waals surface area contributed by atoms with Crippen molar-refractivity contribution < 1.29 is 9.90 Å². The molecule has 0 saturated carbocycles. The number of nitrogens with one attached hydrogen (secondary N) is 1. The number of carboxylic acids is 1. The van der Waals surface area contributed by atoms with Crippen LogP contribution in [-0.2, 0) is 5.41 Å². The van der Waals surface area contributed by atoms with Gasteiger partial charge in [-0.05, 0) is 37.1 Å². The van der Waals surface area contributed by atoms with Crippen LogP contribution in [0.1, 0.15) is 46.6 Å². The van der Waals surface area contributed by atoms with Gasteiger partial charge in [-0.15, -0.1) is 0 Å². The molecule has 4 nitrogen and oxygen atoms in total. The van der Waals surface area contributed by atoms with Gasteiger partial charge in [0.25, 0.3) is 0 Å². The van der Waals surface area contributed by atoms with E-state index in [1.165, 1.54) is 0 Å². The molecular formula is C21H21ClN2O2. The number of rotatable bonds is 4. The van der Waals surface area contributed by atoms with Gasteiger partial charge < -0.3 is 5.11 Å². The Balaban J connectivity index is 2.24. The monoisotopic (exact) mass is 368 g/mol. The van der Waals surface area contributed by atoms with E-state index in [0.717, 1.165) is 22.3 Å². The minimum atomic E-state index is -1.05. The molecule has 0 amide bonds. The number of H-pyrrole nitrogens is 1. The van der Waals surface area contributed by atoms with Crippen LogP contribution in [0, 0.1) is 13.8 Å². The van der Waals surface area contributed by atoms with Crippen LogP contribution in [0.5, 0.6) is 0 Å². The summed E-state index contributed by atoms with van der Waals surface area (Å²) in [6, 6.07) is 13.8. The first-order chi connectivity index (χ1) is 12.2. The van der Waals surface area contributed by atoms with E-state index < -0.39 is 11.4 Å². The van der Waals surface area contributed by atoms with Crippen LogP contribution in [-0.4, -0.2) is 21.3 Å². The summed E-state index contributed by atoms with van der Waals surface area (Å²) in [5.74, 6) is -1.05. The molecule has 0 unspecified atom stereocenters. The van der Waals surface area contributed by atoms with Gasteiger partial charge in [-0.1, -0.05) is 61.3 Å². The standard InChI is InChI=1S/C21H21ClN2O2/c1-12-5-8-15(9-6-12)21(3,4)17-18(23-24-19(17)20(25)26)14-7-10-16(22)13(2)11-14/h5-11H,1-4H3,(H,23,24)(H,25,26). The zero-order chi connectivity index (χ0) is 19.1. The van der Waals surface area contributed by atoms with E-state index >= 15 is 0 Å². The van der Waals surface area contributed by atoms with Crippen LogP contribution in [0.2, 0.25) is 5.02 Å². The molecule has 2 aromatic carbocycles. The second-order valence-corrected chi connectivity index (χ2v) is 7.49. The Labute approximate surface area is 157 Å². The number of benzene rings is 2. The lowest BCUT2D eigenvalue weighted by molar-refractivity contribution is 0.0688. The summed E-state index contributed by atoms with van der Waals surface area (Å²) < 4.78 is 0. The number of nitrogens with zero attached hydrogens (tertiary/aromatic N) is 1. The molecule has 0 aliphatic heterocycles. The van der Waals surface area contributed by atoms with Crippen molar-refractivity contribution >= 4 is 17.6 Å². The summed E-state index contributed by atoms with van der Waals surface area (Å²) in [5, 5.41) is 17.4. The van der Waals surface area contributed by atoms with Gasteiger partial charge in [0.1, 0.15) is 0 Å². The molecule has 0 aliphatic carbocycles. The van der Waals surface area contributed by atoms with Crippen molar-refractivity contribution in [3.8, 4) is 11.3 Å². The van der Waals surface area contributed by atoms with Gasteiger partial charge in [-0.25, -0.2) is 4.79 Å². The van der Waals surface area contributed by atoms with Crippen LogP contribution in [0.15, 0.2) is 42.5 Å². The van der Waals surface area contributed by atoms with Crippen LogP contribution in [0.25, 0.3) is 11.3 Å². The largest absolute Gasteiger partial charge is 0.476 e. The van der Waals surface area contributed by atoms with Crippen LogP contribution in [0.4, 0.5) is 0 Å². The lowest BCUT2D eigenvalue weighted by atomic mass is 9.75. The van der Waals surface area contributed by atoms with Crippen LogP contribution in [0.3, 0.4) is 0 Å². The molecule has 5 heteroatoms. The van der Waals surface area contributed by atoms with E-state index in [0.29, 0.717) is 16.3 Å². The van der Waals surface area contributed by atoms with E-state index in [1.54, 1.807) is 0 Å². The Hall–Kier alpha value is -2.59. The molecule has 3 rings (SSSR count). The van der Waals surface area contributed by atoms with Crippen LogP contribution < -0.4 is 0 Å². The number of aromatic nitrogens is 2. The third-order valence-electron chi connectivity index (χ3n) is 4.81. The van der Waals surface area contributed by atoms with Gasteiger partial charge in [0.15, 0.2) is 5.69 Å². The Morgan fingerprint density at radius 2 is 1.77 bits per heavy atom. The molecule has 134 valence electrons. The van der Waals surface area contributed by atoms with E-state index in [4.69, 9.17) is 11.6 Å². The van der Waals surface area contributed by atoms with E-state index in [-0.39, 0.29) is 5.69 Å². The SMILES string of the molecule is Cc1ccc(C(C)(C)c2c(C(=O)O)n[nH]c2-c2ccc(Cl)c(C)c2)cc1. The minimum Gasteiger partial charge on any atom is -0.476 e. The van der Waals surface area contributed by atoms with E-state index in [2.05, 4.69) is 10.2 Å². The topological polar surface area (TPSA) is 66.0 Å². The number of aryl methyl sites for hydroxylation is 2. The number of carbonyl (C=O) groups is 1. The average molecular weight is 369 g/mol. The molecule has 0 radical (unpaired) electrons. The summed E-state index contributed by atoms with van der Waals surface area (Å²) in [6.07, 6.45) is 0. The highest BCUT2D eigenvalue weighted by Gasteiger charge is 2.34. The normalized spacial score (nSPS) is 11.6. The highest BCUT2D eigenvalue weighted by Crippen LogP contribution is 2.39. The zero-order valence-corrected chi connectivity index (χ0v) is 16.0. The second-order valence-electron chi connectivity index (χ2n) is 7.08. The van der Waals surface area contributed by atoms with Gasteiger partial charge >= 0.3 is 5.97 Å². The molecule has 0 bridgehead atoms. The molecule has 1 heterocycles. The highest BCUT2D eigenvalue weighted by molar-refractivity contribution is 6.31. The molecular weight excluding hydrogens is 348 g/mol. The summed E-state index contributed by atoms with van der Waals surface area (Å²) >= 11 is 6.14. The molecule has 26 heavy (non-hydrogen) atoms. The van der Waals surface area contributed by atoms with Crippen molar-refractivity contribution in [2.45, 2.75) is 33.1 Å². The predicted octanol–water partition coefficient (Wildman–Crippen LogP) is 5.37. The first kappa shape index (κ1) is 18.2. The molecule has 3 aromatic rings. The second kappa shape index (κ2) is 6.61. The van der Waals surface area contributed by atoms with Crippen molar-refractivity contribution in [1.82, 2.24) is 10.2 Å². The Kier molecular flexibility index (Phi) is 4.63. The molecule has 0 aliphatic rings. The fourth-order valence-corrected chi connectivity index (χ4v) is 3.35. The summed E-state index contributed by atoms with van der Waals surface area (Å²) in [7, 11) is 0. The van der Waals surface area contributed by atoms with Crippen molar-refractivity contribution in [3.63, 3.8) is 0 Å². The smallest absolute Gasteiger partial charge is 0.356 e. The molecule has 1 aromatic heterocycles. The third-order valence-corrected chi connectivity index (χ3v) is 5.24. The van der Waals surface area contributed by atoms with E-state index in [9.17, 15) is 9.90 Å². The van der Waals surface area contributed by atoms with Crippen molar-refractivity contribution in [2.75, 3.05) is 0 Å². The Morgan fingerprint density at radius 3 is 2.35 bits per heavy atom. The fraction of sp³-hybridized carbons (Fsp3) is 0.238. The third kappa shape index (κ3) is 3.13. The van der Waals surface area contributed by atoms with Gasteiger partial charge in [0.2, 0.25) is 0 Å². The number of hydrogen-bond acceptors (Lipinski definition) is 2. The summed E-state index contributed by atoms with van der Waals surface area (Å²) in [6.45, 7) is 7.98. The van der Waals surface area contributed by atoms with Crippen molar-refractivity contribution in [2.24, 2.45) is 0 Å². The van der Waals surface area contributed by atoms with Gasteiger partial charge in [-0.3, -0.25) is 5.10 Å². The average Bonchev–Trinajstić information content (AvgIpc) is 3.04. The first-order valence-corrected chi connectivity index (χ1v) is 8.75. The molecule has 0 spiro atoms. The van der Waals surface area contributed by atoms with E-state index in [1.807, 2.05) is 70.2 Å². The molecule has 0 saturated heterocycles. The first-order valence-electron chi connectivity index (χ1n) is 8.37. The number of halogens is 1. The maximum Gasteiger partial charge on any atom is 0.356 e. The van der Waals surface area contributed by atoms with Gasteiger partial charge in [-0.2, -0.15) is 5.10 Å². The number of carboxylic acid groups (broad SMARTS) is 1. The maximum absolute atomic E-state index is 11.8. The fourth-order valence-electron chi connectivity index (χ4n) is 3.23. The molecule has 0 atom stereocenters.